The summed E-state index contributed by atoms with van der Waals surface area (Å²) in [5.74, 6) is -0.0669. The Morgan fingerprint density at radius 2 is 1.71 bits per heavy atom. The summed E-state index contributed by atoms with van der Waals surface area (Å²) in [6.45, 7) is 3.56. The van der Waals surface area contributed by atoms with Crippen LogP contribution in [0.25, 0.3) is 22.5 Å². The van der Waals surface area contributed by atoms with Gasteiger partial charge < -0.3 is 9.52 Å². The molecule has 0 fully saturated rings. The van der Waals surface area contributed by atoms with Crippen LogP contribution in [-0.4, -0.2) is 17.3 Å². The molecular weight excluding hydrogens is 354 g/mol. The predicted molar refractivity (Wildman–Crippen MR) is 110 cm³/mol. The molecule has 0 atom stereocenters. The fourth-order valence-electron chi connectivity index (χ4n) is 2.92. The molecule has 140 valence electrons. The minimum Gasteiger partial charge on any atom is -0.478 e. The van der Waals surface area contributed by atoms with E-state index in [-0.39, 0.29) is 11.0 Å². The Kier molecular flexibility index (Phi) is 5.65. The molecule has 0 unspecified atom stereocenters. The Balaban J connectivity index is 2.41. The van der Waals surface area contributed by atoms with Crippen LogP contribution in [0.15, 0.2) is 80.9 Å². The van der Waals surface area contributed by atoms with Gasteiger partial charge in [-0.1, -0.05) is 30.3 Å². The van der Waals surface area contributed by atoms with E-state index in [1.807, 2.05) is 24.3 Å². The van der Waals surface area contributed by atoms with Gasteiger partial charge in [0.05, 0.1) is 11.3 Å². The number of benzene rings is 2. The van der Waals surface area contributed by atoms with Crippen molar-refractivity contribution in [3.8, 4) is 22.5 Å². The van der Waals surface area contributed by atoms with Crippen LogP contribution in [0.5, 0.6) is 0 Å². The van der Waals surface area contributed by atoms with Crippen molar-refractivity contribution in [3.63, 3.8) is 0 Å². The molecule has 0 saturated heterocycles. The highest BCUT2D eigenvalue weighted by atomic mass is 16.4. The highest BCUT2D eigenvalue weighted by Crippen LogP contribution is 2.34. The van der Waals surface area contributed by atoms with E-state index in [1.54, 1.807) is 44.3 Å². The van der Waals surface area contributed by atoms with Gasteiger partial charge in [0.1, 0.15) is 11.5 Å². The number of aliphatic imine (C=N–C) groups is 1. The minimum atomic E-state index is -1.06. The van der Waals surface area contributed by atoms with E-state index in [9.17, 15) is 14.7 Å². The molecule has 1 aromatic rings. The van der Waals surface area contributed by atoms with Crippen molar-refractivity contribution in [2.45, 2.75) is 13.8 Å². The molecule has 0 amide bonds. The molecule has 5 nitrogen and oxygen atoms in total. The van der Waals surface area contributed by atoms with E-state index < -0.39 is 5.97 Å². The highest BCUT2D eigenvalue weighted by Gasteiger charge is 2.17. The standard InChI is InChI=1S/C23H19NO4/c1-3-24-16-9-11-19(21(13-16)23(26)27)18-8-6-4-5-7-15(2)28-22-14-17(25)10-12-20(18)22/h3-14H,1-2H3,(H,26,27). The summed E-state index contributed by atoms with van der Waals surface area (Å²) in [6.07, 6.45) is 1.61. The normalized spacial score (nSPS) is 10.8. The molecule has 3 rings (SSSR count). The van der Waals surface area contributed by atoms with Gasteiger partial charge in [-0.25, -0.2) is 4.79 Å². The van der Waals surface area contributed by atoms with E-state index in [1.165, 1.54) is 18.2 Å². The van der Waals surface area contributed by atoms with E-state index in [4.69, 9.17) is 4.42 Å². The third kappa shape index (κ3) is 4.15. The van der Waals surface area contributed by atoms with Gasteiger partial charge >= 0.3 is 5.97 Å². The van der Waals surface area contributed by atoms with Gasteiger partial charge in [-0.2, -0.15) is 0 Å². The number of carbonyl (C=O) groups is 1. The molecule has 0 radical (unpaired) electrons. The van der Waals surface area contributed by atoms with Crippen LogP contribution in [0.4, 0.5) is 5.69 Å². The Morgan fingerprint density at radius 1 is 0.964 bits per heavy atom. The Hall–Kier alpha value is -3.73. The number of aryl methyl sites for hydroxylation is 1. The zero-order valence-corrected chi connectivity index (χ0v) is 15.5. The highest BCUT2D eigenvalue weighted by molar-refractivity contribution is 5.99. The summed E-state index contributed by atoms with van der Waals surface area (Å²) < 4.78 is 5.85. The molecule has 1 aliphatic carbocycles. The quantitative estimate of drug-likeness (QED) is 0.635. The summed E-state index contributed by atoms with van der Waals surface area (Å²) in [5.41, 5.74) is 2.27. The Labute approximate surface area is 162 Å². The Bertz CT molecular complexity index is 1140. The van der Waals surface area contributed by atoms with Gasteiger partial charge in [0.15, 0.2) is 5.43 Å². The maximum Gasteiger partial charge on any atom is 0.336 e. The molecule has 1 N–H and O–H groups in total. The van der Waals surface area contributed by atoms with Crippen molar-refractivity contribution in [3.05, 3.63) is 88.3 Å². The molecule has 0 bridgehead atoms. The number of hydrogen-bond donors (Lipinski definition) is 1. The SMILES string of the molecule is CC=Nc1ccc(-c2cccccc(C)oc3cc(=O)ccc2-3)c(C(=O)O)c1. The zero-order chi connectivity index (χ0) is 20.1. The number of carboxylic acid groups (broad SMARTS) is 1. The van der Waals surface area contributed by atoms with Crippen molar-refractivity contribution >= 4 is 17.9 Å². The van der Waals surface area contributed by atoms with Crippen molar-refractivity contribution in [2.75, 3.05) is 0 Å². The van der Waals surface area contributed by atoms with E-state index in [0.29, 0.717) is 33.9 Å². The number of hydrogen-bond acceptors (Lipinski definition) is 4. The lowest BCUT2D eigenvalue weighted by Crippen LogP contribution is -2.02. The Morgan fingerprint density at radius 3 is 2.46 bits per heavy atom. The lowest BCUT2D eigenvalue weighted by atomic mass is 9.94. The third-order valence-electron chi connectivity index (χ3n) is 4.13. The molecule has 1 aromatic carbocycles. The minimum absolute atomic E-state index is 0.119. The summed E-state index contributed by atoms with van der Waals surface area (Å²) in [6, 6.07) is 18.6. The smallest absolute Gasteiger partial charge is 0.336 e. The number of aromatic carboxylic acids is 1. The maximum absolute atomic E-state index is 11.9. The lowest BCUT2D eigenvalue weighted by Gasteiger charge is -2.12. The topological polar surface area (TPSA) is 79.9 Å². The number of carboxylic acids is 1. The van der Waals surface area contributed by atoms with Gasteiger partial charge in [0.2, 0.25) is 0 Å². The van der Waals surface area contributed by atoms with E-state index >= 15 is 0 Å². The molecule has 0 aromatic heterocycles. The van der Waals surface area contributed by atoms with Crippen LogP contribution < -0.4 is 5.43 Å². The van der Waals surface area contributed by atoms with Crippen molar-refractivity contribution in [2.24, 2.45) is 4.99 Å². The summed E-state index contributed by atoms with van der Waals surface area (Å²) in [5, 5.41) is 9.76. The summed E-state index contributed by atoms with van der Waals surface area (Å²) >= 11 is 0. The fourth-order valence-corrected chi connectivity index (χ4v) is 2.92. The maximum atomic E-state index is 11.9. The molecule has 0 spiro atoms. The summed E-state index contributed by atoms with van der Waals surface area (Å²) in [7, 11) is 0. The second-order valence-electron chi connectivity index (χ2n) is 6.12. The van der Waals surface area contributed by atoms with E-state index in [0.717, 1.165) is 0 Å². The van der Waals surface area contributed by atoms with Crippen LogP contribution in [0.1, 0.15) is 23.0 Å². The third-order valence-corrected chi connectivity index (χ3v) is 4.13. The monoisotopic (exact) mass is 373 g/mol. The van der Waals surface area contributed by atoms with Gasteiger partial charge in [-0.05, 0) is 55.3 Å². The van der Waals surface area contributed by atoms with Crippen LogP contribution in [0.3, 0.4) is 0 Å². The van der Waals surface area contributed by atoms with Crippen LogP contribution in [-0.2, 0) is 0 Å². The second-order valence-corrected chi connectivity index (χ2v) is 6.12. The average Bonchev–Trinajstić information content (AvgIpc) is 2.66. The molecular formula is C23H19NO4. The first-order chi connectivity index (χ1) is 13.5. The van der Waals surface area contributed by atoms with E-state index in [2.05, 4.69) is 4.99 Å². The van der Waals surface area contributed by atoms with Crippen LogP contribution in [0.2, 0.25) is 0 Å². The van der Waals surface area contributed by atoms with Crippen LogP contribution in [0, 0.1) is 6.92 Å². The first-order valence-electron chi connectivity index (χ1n) is 8.74. The molecule has 1 heterocycles. The largest absolute Gasteiger partial charge is 0.478 e. The van der Waals surface area contributed by atoms with Crippen molar-refractivity contribution in [1.82, 2.24) is 0 Å². The number of nitrogens with zero attached hydrogens (tertiary/aromatic N) is 1. The lowest BCUT2D eigenvalue weighted by molar-refractivity contribution is 0.0697. The van der Waals surface area contributed by atoms with Crippen molar-refractivity contribution < 1.29 is 14.3 Å². The van der Waals surface area contributed by atoms with Crippen molar-refractivity contribution in [1.29, 1.82) is 0 Å². The average molecular weight is 373 g/mol. The van der Waals surface area contributed by atoms with Gasteiger partial charge in [0.25, 0.3) is 0 Å². The fraction of sp³-hybridized carbons (Fsp3) is 0.0870. The first-order valence-corrected chi connectivity index (χ1v) is 8.74. The van der Waals surface area contributed by atoms with Gasteiger partial charge in [0, 0.05) is 17.8 Å². The molecule has 5 heteroatoms. The van der Waals surface area contributed by atoms with Crippen LogP contribution >= 0.6 is 0 Å². The predicted octanol–water partition coefficient (Wildman–Crippen LogP) is 5.26. The first kappa shape index (κ1) is 19.0. The van der Waals surface area contributed by atoms with Gasteiger partial charge in [-0.3, -0.25) is 9.79 Å². The zero-order valence-electron chi connectivity index (χ0n) is 15.5. The molecule has 28 heavy (non-hydrogen) atoms. The number of rotatable bonds is 3. The number of fused-ring (bicyclic) bond motifs is 1. The second kappa shape index (κ2) is 8.31. The molecule has 0 saturated carbocycles. The molecule has 1 aliphatic heterocycles. The molecule has 2 aliphatic rings. The van der Waals surface area contributed by atoms with Gasteiger partial charge in [-0.15, -0.1) is 0 Å². The summed E-state index contributed by atoms with van der Waals surface area (Å²) in [4.78, 5) is 28.0.